The number of hydrogen-bond donors (Lipinski definition) is 1. The molecular weight excluding hydrogens is 388 g/mol. The summed E-state index contributed by atoms with van der Waals surface area (Å²) in [6, 6.07) is 4.24. The van der Waals surface area contributed by atoms with Crippen molar-refractivity contribution in [3.63, 3.8) is 0 Å². The zero-order valence-electron chi connectivity index (χ0n) is 13.8. The maximum atomic E-state index is 11.4. The lowest BCUT2D eigenvalue weighted by Crippen LogP contribution is -2.47. The Hall–Kier alpha value is -2.26. The van der Waals surface area contributed by atoms with Crippen LogP contribution < -0.4 is 10.6 Å². The Labute approximate surface area is 153 Å². The van der Waals surface area contributed by atoms with E-state index in [2.05, 4.69) is 43.8 Å². The van der Waals surface area contributed by atoms with Crippen LogP contribution in [0, 0.1) is 10.1 Å². The molecule has 2 aromatic heterocycles. The van der Waals surface area contributed by atoms with Gasteiger partial charge >= 0.3 is 5.69 Å². The SMILES string of the molecule is CC(c1cccnc1)N1CCN(c2c(Br)cnc(N)c2[N+](=O)[O-])CC1. The fourth-order valence-electron chi connectivity index (χ4n) is 3.13. The van der Waals surface area contributed by atoms with E-state index in [0.29, 0.717) is 23.2 Å². The summed E-state index contributed by atoms with van der Waals surface area (Å²) in [5, 5.41) is 11.4. The molecule has 1 saturated heterocycles. The van der Waals surface area contributed by atoms with Gasteiger partial charge in [-0.2, -0.15) is 0 Å². The molecule has 1 atom stereocenters. The Morgan fingerprint density at radius 1 is 1.32 bits per heavy atom. The molecule has 8 nitrogen and oxygen atoms in total. The molecule has 0 amide bonds. The van der Waals surface area contributed by atoms with E-state index in [-0.39, 0.29) is 17.5 Å². The fraction of sp³-hybridized carbons (Fsp3) is 0.375. The monoisotopic (exact) mass is 406 g/mol. The highest BCUT2D eigenvalue weighted by Gasteiger charge is 2.30. The second-order valence-electron chi connectivity index (χ2n) is 5.93. The van der Waals surface area contributed by atoms with Gasteiger partial charge in [-0.05, 0) is 34.5 Å². The second kappa shape index (κ2) is 7.32. The molecule has 25 heavy (non-hydrogen) atoms. The van der Waals surface area contributed by atoms with Crippen LogP contribution in [0.25, 0.3) is 0 Å². The highest BCUT2D eigenvalue weighted by atomic mass is 79.9. The van der Waals surface area contributed by atoms with Gasteiger partial charge in [-0.3, -0.25) is 20.0 Å². The van der Waals surface area contributed by atoms with Crippen molar-refractivity contribution in [3.05, 3.63) is 50.9 Å². The molecule has 3 heterocycles. The smallest absolute Gasteiger partial charge is 0.335 e. The van der Waals surface area contributed by atoms with Gasteiger partial charge in [0, 0.05) is 50.8 Å². The fourth-order valence-corrected chi connectivity index (χ4v) is 3.67. The van der Waals surface area contributed by atoms with E-state index in [1.54, 1.807) is 6.20 Å². The lowest BCUT2D eigenvalue weighted by atomic mass is 10.1. The third kappa shape index (κ3) is 3.57. The Morgan fingerprint density at radius 3 is 2.64 bits per heavy atom. The highest BCUT2D eigenvalue weighted by molar-refractivity contribution is 9.10. The number of anilines is 2. The lowest BCUT2D eigenvalue weighted by molar-refractivity contribution is -0.383. The van der Waals surface area contributed by atoms with Crippen molar-refractivity contribution in [2.24, 2.45) is 0 Å². The maximum absolute atomic E-state index is 11.4. The number of nitrogens with two attached hydrogens (primary N) is 1. The number of nitrogens with zero attached hydrogens (tertiary/aromatic N) is 5. The molecule has 9 heteroatoms. The zero-order valence-corrected chi connectivity index (χ0v) is 15.4. The van der Waals surface area contributed by atoms with Crippen LogP contribution in [0.2, 0.25) is 0 Å². The van der Waals surface area contributed by atoms with E-state index in [0.717, 1.165) is 18.7 Å². The Kier molecular flexibility index (Phi) is 5.14. The van der Waals surface area contributed by atoms with Gasteiger partial charge in [-0.25, -0.2) is 4.98 Å². The third-order valence-electron chi connectivity index (χ3n) is 4.54. The summed E-state index contributed by atoms with van der Waals surface area (Å²) in [6.07, 6.45) is 5.16. The van der Waals surface area contributed by atoms with Gasteiger partial charge < -0.3 is 10.6 Å². The second-order valence-corrected chi connectivity index (χ2v) is 6.79. The Bertz CT molecular complexity index is 765. The van der Waals surface area contributed by atoms with Crippen molar-refractivity contribution in [2.75, 3.05) is 36.8 Å². The van der Waals surface area contributed by atoms with Crippen molar-refractivity contribution in [1.82, 2.24) is 14.9 Å². The normalized spacial score (nSPS) is 16.6. The Balaban J connectivity index is 1.77. The van der Waals surface area contributed by atoms with Gasteiger partial charge in [0.2, 0.25) is 5.82 Å². The van der Waals surface area contributed by atoms with Crippen LogP contribution in [0.3, 0.4) is 0 Å². The van der Waals surface area contributed by atoms with Crippen LogP contribution in [0.5, 0.6) is 0 Å². The molecule has 0 bridgehead atoms. The number of hydrogen-bond acceptors (Lipinski definition) is 7. The molecule has 0 aromatic carbocycles. The average molecular weight is 407 g/mol. The van der Waals surface area contributed by atoms with Gasteiger partial charge in [0.25, 0.3) is 0 Å². The molecule has 1 fully saturated rings. The molecular formula is C16H19BrN6O2. The molecule has 0 aliphatic carbocycles. The minimum atomic E-state index is -0.465. The van der Waals surface area contributed by atoms with E-state index in [1.807, 2.05) is 17.2 Å². The standard InChI is InChI=1S/C16H19BrN6O2/c1-11(12-3-2-4-19-9-12)21-5-7-22(8-6-21)14-13(17)10-20-16(18)15(14)23(24)25/h2-4,9-11H,5-8H2,1H3,(H2,18,20). The number of nitrogen functional groups attached to an aromatic ring is 1. The molecule has 0 radical (unpaired) electrons. The molecule has 3 rings (SSSR count). The van der Waals surface area contributed by atoms with E-state index in [4.69, 9.17) is 5.73 Å². The van der Waals surface area contributed by atoms with Gasteiger partial charge in [-0.1, -0.05) is 6.07 Å². The molecule has 2 aromatic rings. The maximum Gasteiger partial charge on any atom is 0.335 e. The van der Waals surface area contributed by atoms with Crippen LogP contribution in [0.4, 0.5) is 17.2 Å². The van der Waals surface area contributed by atoms with E-state index in [1.165, 1.54) is 6.20 Å². The highest BCUT2D eigenvalue weighted by Crippen LogP contribution is 2.39. The van der Waals surface area contributed by atoms with Gasteiger partial charge in [0.05, 0.1) is 9.40 Å². The first kappa shape index (κ1) is 17.6. The summed E-state index contributed by atoms with van der Waals surface area (Å²) in [4.78, 5) is 23.3. The van der Waals surface area contributed by atoms with Crippen LogP contribution in [0.15, 0.2) is 35.2 Å². The molecule has 132 valence electrons. The number of halogens is 1. The van der Waals surface area contributed by atoms with Crippen molar-refractivity contribution >= 4 is 33.1 Å². The topological polar surface area (TPSA) is 101 Å². The van der Waals surface area contributed by atoms with Crippen LogP contribution in [-0.4, -0.2) is 46.0 Å². The lowest BCUT2D eigenvalue weighted by Gasteiger charge is -2.39. The predicted octanol–water partition coefficient (Wildman–Crippen LogP) is 2.61. The molecule has 1 unspecified atom stereocenters. The molecule has 1 aliphatic rings. The number of aromatic nitrogens is 2. The summed E-state index contributed by atoms with van der Waals surface area (Å²) in [6.45, 7) is 5.08. The summed E-state index contributed by atoms with van der Waals surface area (Å²) in [7, 11) is 0. The van der Waals surface area contributed by atoms with Crippen LogP contribution in [0.1, 0.15) is 18.5 Å². The van der Waals surface area contributed by atoms with Gasteiger partial charge in [0.1, 0.15) is 5.69 Å². The molecule has 2 N–H and O–H groups in total. The molecule has 0 spiro atoms. The summed E-state index contributed by atoms with van der Waals surface area (Å²) in [5.41, 5.74) is 7.26. The number of piperazine rings is 1. The van der Waals surface area contributed by atoms with Crippen molar-refractivity contribution in [2.45, 2.75) is 13.0 Å². The average Bonchev–Trinajstić information content (AvgIpc) is 2.63. The predicted molar refractivity (Wildman–Crippen MR) is 99.4 cm³/mol. The first-order valence-corrected chi connectivity index (χ1v) is 8.75. The third-order valence-corrected chi connectivity index (χ3v) is 5.12. The van der Waals surface area contributed by atoms with Crippen molar-refractivity contribution < 1.29 is 4.92 Å². The number of pyridine rings is 2. The van der Waals surface area contributed by atoms with Gasteiger partial charge in [-0.15, -0.1) is 0 Å². The summed E-state index contributed by atoms with van der Waals surface area (Å²) < 4.78 is 0.585. The van der Waals surface area contributed by atoms with Crippen LogP contribution in [-0.2, 0) is 0 Å². The number of nitro groups is 1. The first-order valence-electron chi connectivity index (χ1n) is 7.96. The minimum absolute atomic E-state index is 0.0608. The molecule has 0 saturated carbocycles. The quantitative estimate of drug-likeness (QED) is 0.614. The summed E-state index contributed by atoms with van der Waals surface area (Å²) >= 11 is 3.38. The molecule has 1 aliphatic heterocycles. The van der Waals surface area contributed by atoms with E-state index in [9.17, 15) is 10.1 Å². The largest absolute Gasteiger partial charge is 0.378 e. The Morgan fingerprint density at radius 2 is 2.04 bits per heavy atom. The first-order chi connectivity index (χ1) is 12.0. The van der Waals surface area contributed by atoms with E-state index < -0.39 is 4.92 Å². The van der Waals surface area contributed by atoms with Gasteiger partial charge in [0.15, 0.2) is 0 Å². The number of rotatable bonds is 4. The van der Waals surface area contributed by atoms with Crippen molar-refractivity contribution in [1.29, 1.82) is 0 Å². The van der Waals surface area contributed by atoms with Crippen LogP contribution >= 0.6 is 15.9 Å². The summed E-state index contributed by atoms with van der Waals surface area (Å²) in [5.74, 6) is -0.0608. The zero-order chi connectivity index (χ0) is 18.0. The van der Waals surface area contributed by atoms with Crippen molar-refractivity contribution in [3.8, 4) is 0 Å². The minimum Gasteiger partial charge on any atom is -0.378 e. The van der Waals surface area contributed by atoms with E-state index >= 15 is 0 Å².